The molecule has 32 heavy (non-hydrogen) atoms. The number of nitrogens with one attached hydrogen (secondary N) is 3. The van der Waals surface area contributed by atoms with Crippen LogP contribution in [0.25, 0.3) is 0 Å². The lowest BCUT2D eigenvalue weighted by Crippen LogP contribution is -2.51. The molecule has 4 N–H and O–H groups in total. The van der Waals surface area contributed by atoms with Gasteiger partial charge in [0.25, 0.3) is 0 Å². The van der Waals surface area contributed by atoms with E-state index in [9.17, 15) is 19.6 Å². The van der Waals surface area contributed by atoms with E-state index in [1.54, 1.807) is 16.8 Å². The van der Waals surface area contributed by atoms with Gasteiger partial charge < -0.3 is 10.6 Å². The highest BCUT2D eigenvalue weighted by molar-refractivity contribution is 8.01. The Balaban J connectivity index is 2.23. The highest BCUT2D eigenvalue weighted by Gasteiger charge is 2.36. The van der Waals surface area contributed by atoms with E-state index in [-0.39, 0.29) is 17.7 Å². The molecule has 1 heterocycles. The van der Waals surface area contributed by atoms with Crippen molar-refractivity contribution in [1.82, 2.24) is 16.1 Å². The summed E-state index contributed by atoms with van der Waals surface area (Å²) in [6.45, 7) is 3.95. The molecule has 0 bridgehead atoms. The average molecular weight is 478 g/mol. The van der Waals surface area contributed by atoms with E-state index in [0.717, 1.165) is 9.77 Å². The van der Waals surface area contributed by atoms with Crippen molar-refractivity contribution < 1.29 is 19.6 Å². The molecule has 174 valence electrons. The third kappa shape index (κ3) is 7.96. The van der Waals surface area contributed by atoms with Crippen molar-refractivity contribution in [3.63, 3.8) is 0 Å². The number of carbonyl (C=O) groups is 3. The Morgan fingerprint density at radius 3 is 2.28 bits per heavy atom. The van der Waals surface area contributed by atoms with Crippen LogP contribution >= 0.6 is 23.1 Å². The number of hydrogen-bond donors (Lipinski definition) is 4. The lowest BCUT2D eigenvalue weighted by Gasteiger charge is -2.28. The second kappa shape index (κ2) is 13.2. The first-order valence-corrected chi connectivity index (χ1v) is 12.4. The van der Waals surface area contributed by atoms with Crippen molar-refractivity contribution in [2.45, 2.75) is 36.9 Å². The van der Waals surface area contributed by atoms with Crippen molar-refractivity contribution >= 4 is 40.8 Å². The van der Waals surface area contributed by atoms with Crippen molar-refractivity contribution in [1.29, 1.82) is 0 Å². The molecule has 0 fully saturated rings. The number of hydrogen-bond acceptors (Lipinski definition) is 6. The van der Waals surface area contributed by atoms with E-state index < -0.39 is 23.8 Å². The summed E-state index contributed by atoms with van der Waals surface area (Å²) in [5.74, 6) is -2.26. The number of thioether (sulfide) groups is 1. The Bertz CT molecular complexity index is 859. The molecule has 0 aliphatic rings. The number of thiophene rings is 1. The smallest absolute Gasteiger partial charge is 0.248 e. The second-order valence-corrected chi connectivity index (χ2v) is 10.2. The van der Waals surface area contributed by atoms with Crippen molar-refractivity contribution in [3.05, 3.63) is 53.4 Å². The van der Waals surface area contributed by atoms with Gasteiger partial charge >= 0.3 is 0 Å². The van der Waals surface area contributed by atoms with Gasteiger partial charge in [0.1, 0.15) is 6.04 Å². The van der Waals surface area contributed by atoms with Crippen LogP contribution in [0.1, 0.15) is 25.8 Å². The molecule has 0 saturated heterocycles. The molecule has 2 rings (SSSR count). The Morgan fingerprint density at radius 2 is 1.72 bits per heavy atom. The van der Waals surface area contributed by atoms with Crippen LogP contribution < -0.4 is 16.1 Å². The van der Waals surface area contributed by atoms with E-state index in [1.807, 2.05) is 61.7 Å². The minimum atomic E-state index is -0.771. The Kier molecular flexibility index (Phi) is 10.7. The van der Waals surface area contributed by atoms with Crippen LogP contribution in [-0.2, 0) is 20.8 Å². The second-order valence-electron chi connectivity index (χ2n) is 7.93. The molecule has 7 nitrogen and oxygen atoms in total. The van der Waals surface area contributed by atoms with Crippen LogP contribution in [0.2, 0.25) is 0 Å². The summed E-state index contributed by atoms with van der Waals surface area (Å²) in [6, 6.07) is 12.5. The average Bonchev–Trinajstić information content (AvgIpc) is 3.31. The van der Waals surface area contributed by atoms with Crippen LogP contribution in [0.4, 0.5) is 0 Å². The quantitative estimate of drug-likeness (QED) is 0.213. The van der Waals surface area contributed by atoms with Gasteiger partial charge in [-0.05, 0) is 29.3 Å². The van der Waals surface area contributed by atoms with Gasteiger partial charge in [-0.15, -0.1) is 23.1 Å². The molecule has 0 saturated carbocycles. The Labute approximate surface area is 197 Å². The lowest BCUT2D eigenvalue weighted by atomic mass is 9.84. The van der Waals surface area contributed by atoms with Gasteiger partial charge in [0.15, 0.2) is 0 Å². The molecule has 0 spiro atoms. The molecule has 0 unspecified atom stereocenters. The summed E-state index contributed by atoms with van der Waals surface area (Å²) < 4.78 is 1.02. The van der Waals surface area contributed by atoms with E-state index >= 15 is 0 Å². The first-order chi connectivity index (χ1) is 15.3. The summed E-state index contributed by atoms with van der Waals surface area (Å²) in [4.78, 5) is 38.4. The standard InChI is InChI=1S/C23H31N3O4S2/c1-15(2)12-17(18(22(28)26-30)14-32-20-10-7-11-31-20)21(27)25-19(23(29)24-3)13-16-8-5-4-6-9-16/h4-11,15,17-19,30H,12-14H2,1-3H3,(H,24,29)(H,25,27)(H,26,28)/t17-,18-,19+/m1/s1. The van der Waals surface area contributed by atoms with Gasteiger partial charge in [0.2, 0.25) is 17.7 Å². The fraction of sp³-hybridized carbons (Fsp3) is 0.435. The van der Waals surface area contributed by atoms with Gasteiger partial charge in [-0.25, -0.2) is 5.48 Å². The van der Waals surface area contributed by atoms with E-state index in [4.69, 9.17) is 0 Å². The molecule has 9 heteroatoms. The molecule has 3 atom stereocenters. The van der Waals surface area contributed by atoms with E-state index in [1.165, 1.54) is 18.8 Å². The van der Waals surface area contributed by atoms with Crippen LogP contribution in [-0.4, -0.2) is 41.8 Å². The number of hydroxylamine groups is 1. The predicted molar refractivity (Wildman–Crippen MR) is 128 cm³/mol. The largest absolute Gasteiger partial charge is 0.357 e. The zero-order valence-corrected chi connectivity index (χ0v) is 20.2. The van der Waals surface area contributed by atoms with E-state index in [2.05, 4.69) is 10.6 Å². The summed E-state index contributed by atoms with van der Waals surface area (Å²) >= 11 is 3.02. The van der Waals surface area contributed by atoms with Gasteiger partial charge in [0.05, 0.1) is 16.0 Å². The highest BCUT2D eigenvalue weighted by atomic mass is 32.2. The Morgan fingerprint density at radius 1 is 1.00 bits per heavy atom. The summed E-state index contributed by atoms with van der Waals surface area (Å²) in [6.07, 6.45) is 0.780. The topological polar surface area (TPSA) is 108 Å². The molecule has 3 amide bonds. The fourth-order valence-corrected chi connectivity index (χ4v) is 5.44. The number of benzene rings is 1. The molecule has 1 aromatic heterocycles. The highest BCUT2D eigenvalue weighted by Crippen LogP contribution is 2.31. The number of amides is 3. The number of carbonyl (C=O) groups excluding carboxylic acids is 3. The minimum absolute atomic E-state index is 0.138. The normalized spacial score (nSPS) is 13.8. The SMILES string of the molecule is CNC(=O)[C@H](Cc1ccccc1)NC(=O)[C@H](CC(C)C)[C@@H](CSc1cccs1)C(=O)NO. The molecular formula is C23H31N3O4S2. The van der Waals surface area contributed by atoms with Crippen molar-refractivity contribution in [2.75, 3.05) is 12.8 Å². The van der Waals surface area contributed by atoms with Gasteiger partial charge in [0, 0.05) is 19.2 Å². The van der Waals surface area contributed by atoms with Crippen LogP contribution in [0.15, 0.2) is 52.1 Å². The molecular weight excluding hydrogens is 446 g/mol. The van der Waals surface area contributed by atoms with Crippen molar-refractivity contribution in [2.24, 2.45) is 17.8 Å². The minimum Gasteiger partial charge on any atom is -0.357 e. The van der Waals surface area contributed by atoms with Crippen molar-refractivity contribution in [3.8, 4) is 0 Å². The molecule has 0 aliphatic carbocycles. The fourth-order valence-electron chi connectivity index (χ4n) is 3.45. The van der Waals surface area contributed by atoms with Gasteiger partial charge in [-0.3, -0.25) is 19.6 Å². The molecule has 2 aromatic rings. The van der Waals surface area contributed by atoms with Crippen LogP contribution in [0, 0.1) is 17.8 Å². The maximum absolute atomic E-state index is 13.4. The summed E-state index contributed by atoms with van der Waals surface area (Å²) in [7, 11) is 1.53. The first-order valence-electron chi connectivity index (χ1n) is 10.5. The van der Waals surface area contributed by atoms with Crippen LogP contribution in [0.3, 0.4) is 0 Å². The zero-order valence-electron chi connectivity index (χ0n) is 18.5. The third-order valence-electron chi connectivity index (χ3n) is 5.06. The predicted octanol–water partition coefficient (Wildman–Crippen LogP) is 3.10. The maximum Gasteiger partial charge on any atom is 0.248 e. The van der Waals surface area contributed by atoms with E-state index in [0.29, 0.717) is 18.6 Å². The monoisotopic (exact) mass is 477 g/mol. The lowest BCUT2D eigenvalue weighted by molar-refractivity contribution is -0.140. The van der Waals surface area contributed by atoms with Crippen LogP contribution in [0.5, 0.6) is 0 Å². The Hall–Kier alpha value is -2.36. The first kappa shape index (κ1) is 25.9. The number of rotatable bonds is 12. The zero-order chi connectivity index (χ0) is 23.5. The molecule has 0 radical (unpaired) electrons. The summed E-state index contributed by atoms with van der Waals surface area (Å²) in [5, 5.41) is 16.7. The number of likely N-dealkylation sites (N-methyl/N-ethyl adjacent to an activating group) is 1. The van der Waals surface area contributed by atoms with Gasteiger partial charge in [-0.1, -0.05) is 50.2 Å². The third-order valence-corrected chi connectivity index (χ3v) is 7.31. The van der Waals surface area contributed by atoms with Gasteiger partial charge in [-0.2, -0.15) is 0 Å². The molecule has 1 aromatic carbocycles. The maximum atomic E-state index is 13.4. The summed E-state index contributed by atoms with van der Waals surface area (Å²) in [5.41, 5.74) is 2.64. The molecule has 0 aliphatic heterocycles.